The number of rotatable bonds is 0. The molecular formula is C12H18O2S. The fourth-order valence-electron chi connectivity index (χ4n) is 4.17. The molecular weight excluding hydrogens is 208 g/mol. The van der Waals surface area contributed by atoms with Crippen molar-refractivity contribution in [2.45, 2.75) is 38.5 Å². The van der Waals surface area contributed by atoms with Gasteiger partial charge < -0.3 is 0 Å². The molecule has 2 fully saturated rings. The standard InChI is InChI=1S/C12H18O2S/c13-15(14)9-11-5-1-2-6-12(11,10-15)8-4-3-7-11/h1-2H,3-10H2. The van der Waals surface area contributed by atoms with Crippen LogP contribution in [0.4, 0.5) is 0 Å². The Morgan fingerprint density at radius 1 is 0.867 bits per heavy atom. The van der Waals surface area contributed by atoms with Crippen LogP contribution in [0.1, 0.15) is 38.5 Å². The zero-order valence-electron chi connectivity index (χ0n) is 9.04. The van der Waals surface area contributed by atoms with Crippen LogP contribution in [-0.2, 0) is 9.84 Å². The fraction of sp³-hybridized carbons (Fsp3) is 0.833. The lowest BCUT2D eigenvalue weighted by Gasteiger charge is -2.50. The molecule has 3 rings (SSSR count). The van der Waals surface area contributed by atoms with Crippen molar-refractivity contribution >= 4 is 9.84 Å². The minimum atomic E-state index is -2.77. The van der Waals surface area contributed by atoms with Gasteiger partial charge in [0, 0.05) is 0 Å². The van der Waals surface area contributed by atoms with Crippen molar-refractivity contribution in [1.29, 1.82) is 0 Å². The topological polar surface area (TPSA) is 34.1 Å². The van der Waals surface area contributed by atoms with Gasteiger partial charge in [-0.15, -0.1) is 0 Å². The first kappa shape index (κ1) is 9.88. The van der Waals surface area contributed by atoms with E-state index in [0.717, 1.165) is 25.7 Å². The van der Waals surface area contributed by atoms with Gasteiger partial charge in [0.05, 0.1) is 11.5 Å². The average molecular weight is 226 g/mol. The molecule has 0 bridgehead atoms. The Bertz CT molecular complexity index is 377. The van der Waals surface area contributed by atoms with Crippen molar-refractivity contribution in [3.63, 3.8) is 0 Å². The quantitative estimate of drug-likeness (QED) is 0.594. The van der Waals surface area contributed by atoms with E-state index >= 15 is 0 Å². The number of allylic oxidation sites excluding steroid dienone is 2. The van der Waals surface area contributed by atoms with Crippen LogP contribution in [0.2, 0.25) is 0 Å². The van der Waals surface area contributed by atoms with E-state index in [1.807, 2.05) is 0 Å². The van der Waals surface area contributed by atoms with Gasteiger partial charge in [0.2, 0.25) is 0 Å². The van der Waals surface area contributed by atoms with Gasteiger partial charge >= 0.3 is 0 Å². The summed E-state index contributed by atoms with van der Waals surface area (Å²) in [5.74, 6) is 0.925. The number of hydrogen-bond donors (Lipinski definition) is 0. The van der Waals surface area contributed by atoms with E-state index in [4.69, 9.17) is 0 Å². The second-order valence-electron chi connectivity index (χ2n) is 5.68. The lowest BCUT2D eigenvalue weighted by molar-refractivity contribution is 0.0342. The van der Waals surface area contributed by atoms with Crippen LogP contribution in [0.15, 0.2) is 12.2 Å². The van der Waals surface area contributed by atoms with Gasteiger partial charge in [-0.1, -0.05) is 25.0 Å². The summed E-state index contributed by atoms with van der Waals surface area (Å²) in [6, 6.07) is 0. The monoisotopic (exact) mass is 226 g/mol. The molecule has 2 atom stereocenters. The first-order chi connectivity index (χ1) is 7.08. The highest BCUT2D eigenvalue weighted by Gasteiger charge is 2.60. The Hall–Kier alpha value is -0.310. The fourth-order valence-corrected chi connectivity index (χ4v) is 7.10. The minimum Gasteiger partial charge on any atom is -0.229 e. The molecule has 0 aromatic carbocycles. The minimum absolute atomic E-state index is 0.124. The second kappa shape index (κ2) is 2.88. The Morgan fingerprint density at radius 3 is 1.80 bits per heavy atom. The smallest absolute Gasteiger partial charge is 0.151 e. The van der Waals surface area contributed by atoms with E-state index in [9.17, 15) is 8.42 Å². The molecule has 1 saturated carbocycles. The van der Waals surface area contributed by atoms with Crippen LogP contribution in [0, 0.1) is 10.8 Å². The van der Waals surface area contributed by atoms with Gasteiger partial charge in [-0.3, -0.25) is 0 Å². The van der Waals surface area contributed by atoms with Gasteiger partial charge in [0.25, 0.3) is 0 Å². The summed E-state index contributed by atoms with van der Waals surface area (Å²) in [5.41, 5.74) is 0.248. The van der Waals surface area contributed by atoms with E-state index in [2.05, 4.69) is 12.2 Å². The third kappa shape index (κ3) is 1.25. The van der Waals surface area contributed by atoms with Crippen molar-refractivity contribution < 1.29 is 8.42 Å². The van der Waals surface area contributed by atoms with Crippen molar-refractivity contribution in [1.82, 2.24) is 0 Å². The Balaban J connectivity index is 2.11. The van der Waals surface area contributed by atoms with E-state index < -0.39 is 9.84 Å². The molecule has 0 aromatic heterocycles. The molecule has 3 aliphatic rings. The highest BCUT2D eigenvalue weighted by molar-refractivity contribution is 7.91. The molecule has 2 unspecified atom stereocenters. The van der Waals surface area contributed by atoms with Gasteiger partial charge in [-0.05, 0) is 36.5 Å². The predicted octanol–water partition coefficient (Wildman–Crippen LogP) is 2.31. The zero-order valence-corrected chi connectivity index (χ0v) is 9.85. The lowest BCUT2D eigenvalue weighted by Crippen LogP contribution is -2.44. The maximum absolute atomic E-state index is 11.9. The molecule has 2 nitrogen and oxygen atoms in total. The Labute approximate surface area is 91.7 Å². The van der Waals surface area contributed by atoms with Crippen molar-refractivity contribution in [2.24, 2.45) is 10.8 Å². The van der Waals surface area contributed by atoms with Crippen LogP contribution in [-0.4, -0.2) is 19.9 Å². The summed E-state index contributed by atoms with van der Waals surface area (Å²) in [4.78, 5) is 0. The molecule has 0 N–H and O–H groups in total. The molecule has 0 aromatic rings. The summed E-state index contributed by atoms with van der Waals surface area (Å²) in [6.07, 6.45) is 11.2. The maximum Gasteiger partial charge on any atom is 0.151 e. The van der Waals surface area contributed by atoms with E-state index in [-0.39, 0.29) is 10.8 Å². The Morgan fingerprint density at radius 2 is 1.33 bits per heavy atom. The summed E-state index contributed by atoms with van der Waals surface area (Å²) in [6.45, 7) is 0. The molecule has 1 saturated heterocycles. The summed E-state index contributed by atoms with van der Waals surface area (Å²) in [7, 11) is -2.77. The molecule has 1 aliphatic heterocycles. The number of sulfone groups is 1. The summed E-state index contributed by atoms with van der Waals surface area (Å²) >= 11 is 0. The lowest BCUT2D eigenvalue weighted by atomic mass is 9.53. The third-order valence-corrected chi connectivity index (χ3v) is 6.85. The number of hydrogen-bond acceptors (Lipinski definition) is 2. The van der Waals surface area contributed by atoms with Crippen molar-refractivity contribution in [3.8, 4) is 0 Å². The molecule has 0 radical (unpaired) electrons. The maximum atomic E-state index is 11.9. The van der Waals surface area contributed by atoms with E-state index in [1.54, 1.807) is 0 Å². The van der Waals surface area contributed by atoms with Crippen LogP contribution < -0.4 is 0 Å². The van der Waals surface area contributed by atoms with E-state index in [1.165, 1.54) is 12.8 Å². The van der Waals surface area contributed by atoms with Crippen LogP contribution in [0.25, 0.3) is 0 Å². The normalized spacial score (nSPS) is 47.2. The molecule has 3 heteroatoms. The largest absolute Gasteiger partial charge is 0.229 e. The molecule has 0 spiro atoms. The van der Waals surface area contributed by atoms with Crippen LogP contribution in [0.5, 0.6) is 0 Å². The van der Waals surface area contributed by atoms with Gasteiger partial charge in [-0.2, -0.15) is 0 Å². The van der Waals surface area contributed by atoms with Crippen molar-refractivity contribution in [2.75, 3.05) is 11.5 Å². The summed E-state index contributed by atoms with van der Waals surface area (Å²) < 4.78 is 23.9. The first-order valence-corrected chi connectivity index (χ1v) is 7.75. The predicted molar refractivity (Wildman–Crippen MR) is 60.4 cm³/mol. The molecule has 1 heterocycles. The highest BCUT2D eigenvalue weighted by Crippen LogP contribution is 2.62. The second-order valence-corrected chi connectivity index (χ2v) is 7.74. The van der Waals surface area contributed by atoms with Crippen LogP contribution in [0.3, 0.4) is 0 Å². The van der Waals surface area contributed by atoms with Crippen LogP contribution >= 0.6 is 0 Å². The average Bonchev–Trinajstić information content (AvgIpc) is 2.42. The zero-order chi connectivity index (χ0) is 10.6. The first-order valence-electron chi connectivity index (χ1n) is 5.93. The molecule has 2 aliphatic carbocycles. The van der Waals surface area contributed by atoms with Gasteiger partial charge in [-0.25, -0.2) is 8.42 Å². The van der Waals surface area contributed by atoms with E-state index in [0.29, 0.717) is 11.5 Å². The highest BCUT2D eigenvalue weighted by atomic mass is 32.2. The van der Waals surface area contributed by atoms with Gasteiger partial charge in [0.15, 0.2) is 9.84 Å². The van der Waals surface area contributed by atoms with Gasteiger partial charge in [0.1, 0.15) is 0 Å². The van der Waals surface area contributed by atoms with Crippen molar-refractivity contribution in [3.05, 3.63) is 12.2 Å². The molecule has 0 amide bonds. The Kier molecular flexibility index (Phi) is 1.89. The third-order valence-electron chi connectivity index (χ3n) is 4.86. The summed E-state index contributed by atoms with van der Waals surface area (Å²) in [5, 5.41) is 0. The molecule has 15 heavy (non-hydrogen) atoms. The SMILES string of the molecule is O=S1(=O)CC23CC=CCC2(CCCC3)C1. The molecule has 84 valence electrons.